The van der Waals surface area contributed by atoms with Crippen molar-refractivity contribution in [3.05, 3.63) is 41.5 Å². The van der Waals surface area contributed by atoms with E-state index >= 15 is 0 Å². The van der Waals surface area contributed by atoms with E-state index in [2.05, 4.69) is 28.2 Å². The van der Waals surface area contributed by atoms with Gasteiger partial charge in [-0.3, -0.25) is 9.89 Å². The van der Waals surface area contributed by atoms with Crippen LogP contribution in [0.1, 0.15) is 13.3 Å². The maximum absolute atomic E-state index is 13.4. The molecule has 0 fully saturated rings. The van der Waals surface area contributed by atoms with Gasteiger partial charge in [0.05, 0.1) is 12.2 Å². The first kappa shape index (κ1) is 15.4. The van der Waals surface area contributed by atoms with Crippen molar-refractivity contribution in [2.45, 2.75) is 13.3 Å². The number of aliphatic imine (C=N–C) groups is 1. The van der Waals surface area contributed by atoms with E-state index in [1.165, 1.54) is 5.57 Å². The van der Waals surface area contributed by atoms with E-state index in [-0.39, 0.29) is 11.6 Å². The second-order valence-electron chi connectivity index (χ2n) is 5.12. The van der Waals surface area contributed by atoms with Crippen LogP contribution in [-0.2, 0) is 0 Å². The summed E-state index contributed by atoms with van der Waals surface area (Å²) in [6.07, 6.45) is 3.28. The average Bonchev–Trinajstić information content (AvgIpc) is 2.45. The molecule has 1 heterocycles. The Morgan fingerprint density at radius 2 is 2.24 bits per heavy atom. The minimum absolute atomic E-state index is 0.00668. The summed E-state index contributed by atoms with van der Waals surface area (Å²) in [4.78, 5) is 6.41. The maximum atomic E-state index is 13.4. The first-order valence-electron chi connectivity index (χ1n) is 6.94. The SMILES string of the molecule is CC1=CCN(CCN=C(N)Nc2cc(F)ccc2F)CC1. The van der Waals surface area contributed by atoms with Gasteiger partial charge >= 0.3 is 0 Å². The molecule has 21 heavy (non-hydrogen) atoms. The van der Waals surface area contributed by atoms with Crippen LogP contribution in [0.2, 0.25) is 0 Å². The predicted octanol–water partition coefficient (Wildman–Crippen LogP) is 2.34. The summed E-state index contributed by atoms with van der Waals surface area (Å²) in [5.74, 6) is -1.00. The largest absolute Gasteiger partial charge is 0.370 e. The van der Waals surface area contributed by atoms with Gasteiger partial charge in [-0.1, -0.05) is 11.6 Å². The van der Waals surface area contributed by atoms with Gasteiger partial charge in [-0.25, -0.2) is 8.78 Å². The summed E-state index contributed by atoms with van der Waals surface area (Å²) >= 11 is 0. The van der Waals surface area contributed by atoms with Gasteiger partial charge < -0.3 is 11.1 Å². The van der Waals surface area contributed by atoms with Crippen molar-refractivity contribution in [1.82, 2.24) is 4.90 Å². The Morgan fingerprint density at radius 1 is 1.43 bits per heavy atom. The lowest BCUT2D eigenvalue weighted by Gasteiger charge is -2.24. The minimum atomic E-state index is -0.564. The van der Waals surface area contributed by atoms with Gasteiger partial charge in [0.25, 0.3) is 0 Å². The molecule has 0 unspecified atom stereocenters. The zero-order chi connectivity index (χ0) is 15.2. The molecule has 0 bridgehead atoms. The molecule has 1 aliphatic heterocycles. The molecule has 0 saturated carbocycles. The number of anilines is 1. The molecular formula is C15H20F2N4. The highest BCUT2D eigenvalue weighted by atomic mass is 19.1. The third-order valence-corrected chi connectivity index (χ3v) is 3.41. The van der Waals surface area contributed by atoms with Crippen LogP contribution in [0.15, 0.2) is 34.8 Å². The van der Waals surface area contributed by atoms with Gasteiger partial charge in [0.2, 0.25) is 0 Å². The number of benzene rings is 1. The summed E-state index contributed by atoms with van der Waals surface area (Å²) in [6.45, 7) is 5.38. The molecule has 0 radical (unpaired) electrons. The fourth-order valence-electron chi connectivity index (χ4n) is 2.10. The molecule has 1 aliphatic rings. The van der Waals surface area contributed by atoms with Crippen molar-refractivity contribution in [3.8, 4) is 0 Å². The van der Waals surface area contributed by atoms with Crippen LogP contribution in [0.3, 0.4) is 0 Å². The molecule has 6 heteroatoms. The van der Waals surface area contributed by atoms with Gasteiger partial charge in [-0.2, -0.15) is 0 Å². The van der Waals surface area contributed by atoms with Gasteiger partial charge in [0.1, 0.15) is 11.6 Å². The van der Waals surface area contributed by atoms with Crippen LogP contribution in [0.25, 0.3) is 0 Å². The summed E-state index contributed by atoms with van der Waals surface area (Å²) in [6, 6.07) is 3.16. The Hall–Kier alpha value is -1.95. The van der Waals surface area contributed by atoms with E-state index in [1.807, 2.05) is 0 Å². The van der Waals surface area contributed by atoms with Crippen LogP contribution in [0, 0.1) is 11.6 Å². The van der Waals surface area contributed by atoms with Crippen molar-refractivity contribution in [1.29, 1.82) is 0 Å². The number of nitrogens with one attached hydrogen (secondary N) is 1. The summed E-state index contributed by atoms with van der Waals surface area (Å²) in [5, 5.41) is 2.58. The number of hydrogen-bond donors (Lipinski definition) is 2. The number of nitrogens with two attached hydrogens (primary N) is 1. The van der Waals surface area contributed by atoms with Crippen molar-refractivity contribution in [3.63, 3.8) is 0 Å². The Bertz CT molecular complexity index is 555. The van der Waals surface area contributed by atoms with Gasteiger partial charge in [0.15, 0.2) is 5.96 Å². The van der Waals surface area contributed by atoms with Crippen molar-refractivity contribution in [2.75, 3.05) is 31.5 Å². The Morgan fingerprint density at radius 3 is 2.95 bits per heavy atom. The fourth-order valence-corrected chi connectivity index (χ4v) is 2.10. The molecular weight excluding hydrogens is 274 g/mol. The molecule has 0 atom stereocenters. The highest BCUT2D eigenvalue weighted by Gasteiger charge is 2.08. The predicted molar refractivity (Wildman–Crippen MR) is 81.3 cm³/mol. The topological polar surface area (TPSA) is 53.6 Å². The molecule has 0 amide bonds. The summed E-state index contributed by atoms with van der Waals surface area (Å²) < 4.78 is 26.4. The van der Waals surface area contributed by atoms with Gasteiger partial charge in [-0.15, -0.1) is 0 Å². The van der Waals surface area contributed by atoms with E-state index in [1.54, 1.807) is 0 Å². The Kier molecular flexibility index (Phi) is 5.27. The number of nitrogens with zero attached hydrogens (tertiary/aromatic N) is 2. The maximum Gasteiger partial charge on any atom is 0.193 e. The quantitative estimate of drug-likeness (QED) is 0.509. The molecule has 0 aromatic heterocycles. The molecule has 4 nitrogen and oxygen atoms in total. The van der Waals surface area contributed by atoms with E-state index in [0.29, 0.717) is 6.54 Å². The van der Waals surface area contributed by atoms with E-state index in [4.69, 9.17) is 5.73 Å². The molecule has 1 aromatic rings. The second kappa shape index (κ2) is 7.17. The third kappa shape index (κ3) is 4.82. The van der Waals surface area contributed by atoms with Crippen molar-refractivity contribution in [2.24, 2.45) is 10.7 Å². The highest BCUT2D eigenvalue weighted by Crippen LogP contribution is 2.14. The molecule has 0 spiro atoms. The van der Waals surface area contributed by atoms with Crippen LogP contribution in [0.4, 0.5) is 14.5 Å². The summed E-state index contributed by atoms with van der Waals surface area (Å²) in [7, 11) is 0. The Labute approximate surface area is 123 Å². The van der Waals surface area contributed by atoms with Crippen molar-refractivity contribution >= 4 is 11.6 Å². The number of hydrogen-bond acceptors (Lipinski definition) is 2. The molecule has 2 rings (SSSR count). The standard InChI is InChI=1S/C15H20F2N4/c1-11-4-7-21(8-5-11)9-6-19-15(18)20-14-10-12(16)2-3-13(14)17/h2-4,10H,5-9H2,1H3,(H3,18,19,20). The lowest BCUT2D eigenvalue weighted by atomic mass is 10.1. The third-order valence-electron chi connectivity index (χ3n) is 3.41. The zero-order valence-electron chi connectivity index (χ0n) is 12.1. The van der Waals surface area contributed by atoms with Crippen LogP contribution in [-0.4, -0.2) is 37.0 Å². The van der Waals surface area contributed by atoms with Crippen LogP contribution < -0.4 is 11.1 Å². The normalized spacial score (nSPS) is 16.7. The lowest BCUT2D eigenvalue weighted by Crippen LogP contribution is -2.32. The molecule has 0 aliphatic carbocycles. The zero-order valence-corrected chi connectivity index (χ0v) is 12.1. The first-order valence-corrected chi connectivity index (χ1v) is 6.94. The Balaban J connectivity index is 1.83. The lowest BCUT2D eigenvalue weighted by molar-refractivity contribution is 0.302. The molecule has 0 saturated heterocycles. The second-order valence-corrected chi connectivity index (χ2v) is 5.12. The first-order chi connectivity index (χ1) is 10.0. The monoisotopic (exact) mass is 294 g/mol. The van der Waals surface area contributed by atoms with Gasteiger partial charge in [0, 0.05) is 25.7 Å². The van der Waals surface area contributed by atoms with Crippen LogP contribution >= 0.6 is 0 Å². The number of halogens is 2. The van der Waals surface area contributed by atoms with E-state index in [9.17, 15) is 8.78 Å². The molecule has 3 N–H and O–H groups in total. The highest BCUT2D eigenvalue weighted by molar-refractivity contribution is 5.92. The average molecular weight is 294 g/mol. The minimum Gasteiger partial charge on any atom is -0.370 e. The molecule has 1 aromatic carbocycles. The summed E-state index contributed by atoms with van der Waals surface area (Å²) in [5.41, 5.74) is 7.09. The van der Waals surface area contributed by atoms with Crippen molar-refractivity contribution < 1.29 is 8.78 Å². The number of rotatable bonds is 4. The molecule has 114 valence electrons. The number of guanidine groups is 1. The van der Waals surface area contributed by atoms with Crippen LogP contribution in [0.5, 0.6) is 0 Å². The van der Waals surface area contributed by atoms with Gasteiger partial charge in [-0.05, 0) is 25.5 Å². The van der Waals surface area contributed by atoms with E-state index in [0.717, 1.165) is 44.3 Å². The smallest absolute Gasteiger partial charge is 0.193 e. The van der Waals surface area contributed by atoms with E-state index < -0.39 is 11.6 Å². The fraction of sp³-hybridized carbons (Fsp3) is 0.400.